The summed E-state index contributed by atoms with van der Waals surface area (Å²) in [5.41, 5.74) is 2.03. The monoisotopic (exact) mass is 403 g/mol. The summed E-state index contributed by atoms with van der Waals surface area (Å²) in [4.78, 5) is 28.7. The third kappa shape index (κ3) is 4.04. The fourth-order valence-electron chi connectivity index (χ4n) is 2.20. The molecule has 0 aliphatic heterocycles. The van der Waals surface area contributed by atoms with Crippen molar-refractivity contribution in [3.05, 3.63) is 69.2 Å². The number of pyridine rings is 1. The molecule has 7 heteroatoms. The highest BCUT2D eigenvalue weighted by molar-refractivity contribution is 9.10. The lowest BCUT2D eigenvalue weighted by molar-refractivity contribution is -0.114. The number of amides is 1. The van der Waals surface area contributed by atoms with Crippen LogP contribution in [0.3, 0.4) is 0 Å². The number of hydrogen-bond acceptors (Lipinski definition) is 4. The summed E-state index contributed by atoms with van der Waals surface area (Å²) >= 11 is 4.94. The van der Waals surface area contributed by atoms with Gasteiger partial charge in [-0.3, -0.25) is 14.0 Å². The highest BCUT2D eigenvalue weighted by atomic mass is 79.9. The van der Waals surface area contributed by atoms with Crippen LogP contribution in [0.2, 0.25) is 0 Å². The van der Waals surface area contributed by atoms with Crippen LogP contribution in [0.5, 0.6) is 0 Å². The maximum Gasteiger partial charge on any atom is 0.258 e. The summed E-state index contributed by atoms with van der Waals surface area (Å²) in [5.74, 6) is 0.504. The molecule has 0 saturated heterocycles. The van der Waals surface area contributed by atoms with Crippen molar-refractivity contribution >= 4 is 44.9 Å². The van der Waals surface area contributed by atoms with Crippen LogP contribution >= 0.6 is 27.7 Å². The van der Waals surface area contributed by atoms with Gasteiger partial charge < -0.3 is 5.32 Å². The van der Waals surface area contributed by atoms with Crippen molar-refractivity contribution in [2.45, 2.75) is 17.6 Å². The van der Waals surface area contributed by atoms with Crippen LogP contribution in [0.25, 0.3) is 5.65 Å². The van der Waals surface area contributed by atoms with E-state index in [9.17, 15) is 9.59 Å². The molecule has 0 spiro atoms. The molecule has 2 heterocycles. The number of rotatable bonds is 4. The van der Waals surface area contributed by atoms with E-state index in [-0.39, 0.29) is 11.5 Å². The molecule has 0 bridgehead atoms. The predicted octanol–water partition coefficient (Wildman–Crippen LogP) is 3.71. The van der Waals surface area contributed by atoms with Crippen molar-refractivity contribution in [3.63, 3.8) is 0 Å². The number of anilines is 1. The lowest BCUT2D eigenvalue weighted by Gasteiger charge is -2.06. The van der Waals surface area contributed by atoms with Gasteiger partial charge in [0, 0.05) is 40.0 Å². The van der Waals surface area contributed by atoms with E-state index in [1.807, 2.05) is 36.4 Å². The van der Waals surface area contributed by atoms with Gasteiger partial charge in [0.1, 0.15) is 5.65 Å². The van der Waals surface area contributed by atoms with Crippen LogP contribution in [0, 0.1) is 0 Å². The van der Waals surface area contributed by atoms with Crippen molar-refractivity contribution in [3.8, 4) is 0 Å². The van der Waals surface area contributed by atoms with Crippen molar-refractivity contribution in [2.75, 3.05) is 5.32 Å². The Kier molecular flexibility index (Phi) is 5.01. The minimum atomic E-state index is -0.0992. The molecule has 0 aliphatic carbocycles. The number of nitrogens with one attached hydrogen (secondary N) is 1. The van der Waals surface area contributed by atoms with Gasteiger partial charge in [-0.1, -0.05) is 0 Å². The van der Waals surface area contributed by atoms with Crippen LogP contribution in [-0.2, 0) is 10.5 Å². The zero-order valence-corrected chi connectivity index (χ0v) is 15.2. The number of fused-ring (bicyclic) bond motifs is 1. The maximum atomic E-state index is 12.2. The number of thioether (sulfide) groups is 1. The Morgan fingerprint density at radius 1 is 1.25 bits per heavy atom. The van der Waals surface area contributed by atoms with E-state index in [0.29, 0.717) is 11.4 Å². The van der Waals surface area contributed by atoms with Gasteiger partial charge in [-0.15, -0.1) is 11.8 Å². The SMILES string of the molecule is CC(=O)Nc1ccc(SCc2cc(=O)n3cc(Br)ccc3n2)cc1. The molecule has 3 aromatic rings. The lowest BCUT2D eigenvalue weighted by atomic mass is 10.3. The predicted molar refractivity (Wildman–Crippen MR) is 99.5 cm³/mol. The molecule has 0 aliphatic rings. The van der Waals surface area contributed by atoms with Gasteiger partial charge >= 0.3 is 0 Å². The molecule has 3 rings (SSSR count). The number of hydrogen-bond donors (Lipinski definition) is 1. The van der Waals surface area contributed by atoms with Crippen molar-refractivity contribution in [2.24, 2.45) is 0 Å². The van der Waals surface area contributed by atoms with Gasteiger partial charge in [-0.2, -0.15) is 0 Å². The van der Waals surface area contributed by atoms with Crippen LogP contribution in [0.4, 0.5) is 5.69 Å². The Labute approximate surface area is 151 Å². The third-order valence-electron chi connectivity index (χ3n) is 3.24. The molecule has 0 fully saturated rings. The van der Waals surface area contributed by atoms with Gasteiger partial charge in [0.05, 0.1) is 5.69 Å². The minimum absolute atomic E-state index is 0.0946. The summed E-state index contributed by atoms with van der Waals surface area (Å²) < 4.78 is 2.35. The fourth-order valence-corrected chi connectivity index (χ4v) is 3.32. The highest BCUT2D eigenvalue weighted by Gasteiger charge is 2.04. The Morgan fingerprint density at radius 2 is 2.00 bits per heavy atom. The number of aromatic nitrogens is 2. The van der Waals surface area contributed by atoms with E-state index in [1.165, 1.54) is 11.3 Å². The first-order valence-electron chi connectivity index (χ1n) is 7.19. The average Bonchev–Trinajstić information content (AvgIpc) is 2.54. The molecule has 2 aromatic heterocycles. The zero-order chi connectivity index (χ0) is 17.1. The molecule has 1 aromatic carbocycles. The summed E-state index contributed by atoms with van der Waals surface area (Å²) in [5, 5.41) is 2.73. The molecule has 0 atom stereocenters. The quantitative estimate of drug-likeness (QED) is 0.674. The first kappa shape index (κ1) is 16.7. The number of carbonyl (C=O) groups excluding carboxylic acids is 1. The zero-order valence-electron chi connectivity index (χ0n) is 12.8. The molecule has 0 saturated carbocycles. The normalized spacial score (nSPS) is 10.8. The smallest absolute Gasteiger partial charge is 0.258 e. The number of halogens is 1. The number of carbonyl (C=O) groups is 1. The van der Waals surface area contributed by atoms with Crippen LogP contribution in [-0.4, -0.2) is 15.3 Å². The second kappa shape index (κ2) is 7.19. The van der Waals surface area contributed by atoms with E-state index in [1.54, 1.807) is 24.0 Å². The summed E-state index contributed by atoms with van der Waals surface area (Å²) in [6.07, 6.45) is 1.71. The second-order valence-electron chi connectivity index (χ2n) is 5.16. The summed E-state index contributed by atoms with van der Waals surface area (Å²) in [6, 6.07) is 12.8. The standard InChI is InChI=1S/C17H14BrN3O2S/c1-11(22)19-13-3-5-15(6-4-13)24-10-14-8-17(23)21-9-12(18)2-7-16(21)20-14/h2-9H,10H2,1H3,(H,19,22). The van der Waals surface area contributed by atoms with E-state index in [0.717, 1.165) is 20.7 Å². The van der Waals surface area contributed by atoms with Crippen molar-refractivity contribution in [1.29, 1.82) is 0 Å². The van der Waals surface area contributed by atoms with Gasteiger partial charge in [-0.05, 0) is 52.3 Å². The van der Waals surface area contributed by atoms with E-state index in [4.69, 9.17) is 0 Å². The lowest BCUT2D eigenvalue weighted by Crippen LogP contribution is -2.15. The van der Waals surface area contributed by atoms with E-state index >= 15 is 0 Å². The Hall–Kier alpha value is -2.12. The Balaban J connectivity index is 1.74. The van der Waals surface area contributed by atoms with E-state index < -0.39 is 0 Å². The van der Waals surface area contributed by atoms with Gasteiger partial charge in [0.25, 0.3) is 5.56 Å². The average molecular weight is 404 g/mol. The van der Waals surface area contributed by atoms with Crippen LogP contribution < -0.4 is 10.9 Å². The largest absolute Gasteiger partial charge is 0.326 e. The first-order valence-corrected chi connectivity index (χ1v) is 8.97. The summed E-state index contributed by atoms with van der Waals surface area (Å²) in [7, 11) is 0. The molecule has 0 unspecified atom stereocenters. The van der Waals surface area contributed by atoms with Crippen LogP contribution in [0.1, 0.15) is 12.6 Å². The topological polar surface area (TPSA) is 63.5 Å². The molecule has 122 valence electrons. The van der Waals surface area contributed by atoms with Crippen molar-refractivity contribution in [1.82, 2.24) is 9.38 Å². The van der Waals surface area contributed by atoms with E-state index in [2.05, 4.69) is 26.2 Å². The molecular weight excluding hydrogens is 390 g/mol. The van der Waals surface area contributed by atoms with Crippen molar-refractivity contribution < 1.29 is 4.79 Å². The highest BCUT2D eigenvalue weighted by Crippen LogP contribution is 2.23. The van der Waals surface area contributed by atoms with Gasteiger partial charge in [-0.25, -0.2) is 4.98 Å². The number of benzene rings is 1. The Bertz CT molecular complexity index is 954. The second-order valence-corrected chi connectivity index (χ2v) is 7.12. The third-order valence-corrected chi connectivity index (χ3v) is 4.75. The molecule has 24 heavy (non-hydrogen) atoms. The van der Waals surface area contributed by atoms with Gasteiger partial charge in [0.15, 0.2) is 0 Å². The molecule has 0 radical (unpaired) electrons. The van der Waals surface area contributed by atoms with Gasteiger partial charge in [0.2, 0.25) is 5.91 Å². The van der Waals surface area contributed by atoms with Crippen LogP contribution in [0.15, 0.2) is 62.8 Å². The number of nitrogens with zero attached hydrogens (tertiary/aromatic N) is 2. The molecule has 5 nitrogen and oxygen atoms in total. The molecular formula is C17H14BrN3O2S. The first-order chi connectivity index (χ1) is 11.5. The fraction of sp³-hybridized carbons (Fsp3) is 0.118. The molecule has 1 amide bonds. The Morgan fingerprint density at radius 3 is 2.71 bits per heavy atom. The summed E-state index contributed by atoms with van der Waals surface area (Å²) in [6.45, 7) is 1.48. The minimum Gasteiger partial charge on any atom is -0.326 e. The maximum absolute atomic E-state index is 12.2. The molecule has 1 N–H and O–H groups in total.